The molecule has 1 N–H and O–H groups in total. The van der Waals surface area contributed by atoms with Crippen LogP contribution in [0.3, 0.4) is 0 Å². The summed E-state index contributed by atoms with van der Waals surface area (Å²) in [6.07, 6.45) is 3.35. The van der Waals surface area contributed by atoms with Crippen molar-refractivity contribution in [2.45, 2.75) is 26.4 Å². The topological polar surface area (TPSA) is 88.4 Å². The van der Waals surface area contributed by atoms with Crippen LogP contribution in [0.2, 0.25) is 0 Å². The molecule has 1 aromatic heterocycles. The fourth-order valence-electron chi connectivity index (χ4n) is 2.31. The van der Waals surface area contributed by atoms with Gasteiger partial charge in [0.05, 0.1) is 11.0 Å². The molecule has 1 heterocycles. The lowest BCUT2D eigenvalue weighted by Gasteiger charge is -2.21. The van der Waals surface area contributed by atoms with Crippen molar-refractivity contribution in [3.63, 3.8) is 0 Å². The van der Waals surface area contributed by atoms with Crippen LogP contribution in [0.25, 0.3) is 0 Å². The van der Waals surface area contributed by atoms with E-state index in [0.717, 1.165) is 5.56 Å². The number of rotatable bonds is 5. The molecule has 2 amide bonds. The molecule has 2 rings (SSSR count). The molecule has 2 aromatic rings. The molecule has 1 aromatic carbocycles. The fourth-order valence-corrected chi connectivity index (χ4v) is 2.31. The van der Waals surface area contributed by atoms with E-state index in [1.165, 1.54) is 6.07 Å². The summed E-state index contributed by atoms with van der Waals surface area (Å²) >= 11 is 0. The maximum absolute atomic E-state index is 12.3. The van der Waals surface area contributed by atoms with Crippen LogP contribution in [0.1, 0.15) is 29.7 Å². The number of hydrogen-bond acceptors (Lipinski definition) is 4. The molecule has 24 heavy (non-hydrogen) atoms. The number of aryl methyl sites for hydroxylation is 1. The number of pyridine rings is 1. The van der Waals surface area contributed by atoms with Crippen LogP contribution in [0.15, 0.2) is 42.7 Å². The van der Waals surface area contributed by atoms with E-state index in [-0.39, 0.29) is 17.8 Å². The predicted octanol–water partition coefficient (Wildman–Crippen LogP) is 3.20. The summed E-state index contributed by atoms with van der Waals surface area (Å²) < 4.78 is 0. The van der Waals surface area contributed by atoms with Crippen LogP contribution < -0.4 is 5.32 Å². The summed E-state index contributed by atoms with van der Waals surface area (Å²) in [5.41, 5.74) is 2.31. The zero-order valence-corrected chi connectivity index (χ0v) is 13.9. The molecule has 0 saturated carbocycles. The Morgan fingerprint density at radius 3 is 2.62 bits per heavy atom. The number of nitrogens with one attached hydrogen (secondary N) is 1. The third-order valence-electron chi connectivity index (χ3n) is 3.79. The molecule has 0 bridgehead atoms. The van der Waals surface area contributed by atoms with Crippen LogP contribution in [0.4, 0.5) is 10.5 Å². The van der Waals surface area contributed by atoms with Crippen LogP contribution >= 0.6 is 0 Å². The van der Waals surface area contributed by atoms with Gasteiger partial charge in [-0.15, -0.1) is 0 Å². The quantitative estimate of drug-likeness (QED) is 0.674. The third-order valence-corrected chi connectivity index (χ3v) is 3.79. The molecule has 0 radical (unpaired) electrons. The summed E-state index contributed by atoms with van der Waals surface area (Å²) in [5, 5.41) is 13.9. The molecule has 0 aliphatic heterocycles. The van der Waals surface area contributed by atoms with E-state index in [9.17, 15) is 14.9 Å². The highest BCUT2D eigenvalue weighted by Gasteiger charge is 2.17. The van der Waals surface area contributed by atoms with Gasteiger partial charge in [0.2, 0.25) is 0 Å². The molecular formula is C17H20N4O3. The molecule has 1 atom stereocenters. The van der Waals surface area contributed by atoms with Gasteiger partial charge in [0.1, 0.15) is 0 Å². The van der Waals surface area contributed by atoms with Gasteiger partial charge in [0.15, 0.2) is 0 Å². The zero-order chi connectivity index (χ0) is 17.7. The Balaban J connectivity index is 2.03. The second-order valence-electron chi connectivity index (χ2n) is 5.69. The van der Waals surface area contributed by atoms with Crippen molar-refractivity contribution >= 4 is 11.7 Å². The SMILES string of the molecule is Cc1ccc([C@@H](C)NC(=O)N(C)Cc2ccncc2)cc1[N+](=O)[O-]. The summed E-state index contributed by atoms with van der Waals surface area (Å²) in [6.45, 7) is 3.94. The number of benzene rings is 1. The number of carbonyl (C=O) groups excluding carboxylic acids is 1. The molecule has 0 fully saturated rings. The Morgan fingerprint density at radius 2 is 2.00 bits per heavy atom. The Hall–Kier alpha value is -2.96. The van der Waals surface area contributed by atoms with Crippen LogP contribution in [-0.4, -0.2) is 27.9 Å². The second kappa shape index (κ2) is 7.54. The summed E-state index contributed by atoms with van der Waals surface area (Å²) in [6, 6.07) is 8.09. The first kappa shape index (κ1) is 17.4. The van der Waals surface area contributed by atoms with Crippen LogP contribution in [0.5, 0.6) is 0 Å². The van der Waals surface area contributed by atoms with E-state index in [1.807, 2.05) is 12.1 Å². The average molecular weight is 328 g/mol. The Morgan fingerprint density at radius 1 is 1.33 bits per heavy atom. The van der Waals surface area contributed by atoms with E-state index in [2.05, 4.69) is 10.3 Å². The number of nitro groups is 1. The highest BCUT2D eigenvalue weighted by molar-refractivity contribution is 5.74. The molecule has 126 valence electrons. The minimum absolute atomic E-state index is 0.0544. The fraction of sp³-hybridized carbons (Fsp3) is 0.294. The number of urea groups is 1. The van der Waals surface area contributed by atoms with Crippen molar-refractivity contribution in [3.05, 3.63) is 69.5 Å². The minimum atomic E-state index is -0.414. The Bertz CT molecular complexity index is 734. The van der Waals surface area contributed by atoms with Crippen LogP contribution in [0, 0.1) is 17.0 Å². The first-order chi connectivity index (χ1) is 11.4. The van der Waals surface area contributed by atoms with Gasteiger partial charge >= 0.3 is 6.03 Å². The molecule has 0 aliphatic rings. The second-order valence-corrected chi connectivity index (χ2v) is 5.69. The van der Waals surface area contributed by atoms with Crippen molar-refractivity contribution in [2.75, 3.05) is 7.05 Å². The van der Waals surface area contributed by atoms with Gasteiger partial charge in [0, 0.05) is 37.6 Å². The minimum Gasteiger partial charge on any atom is -0.331 e. The van der Waals surface area contributed by atoms with Crippen molar-refractivity contribution in [1.82, 2.24) is 15.2 Å². The van der Waals surface area contributed by atoms with Gasteiger partial charge in [-0.3, -0.25) is 15.1 Å². The van der Waals surface area contributed by atoms with E-state index >= 15 is 0 Å². The lowest BCUT2D eigenvalue weighted by molar-refractivity contribution is -0.385. The number of amides is 2. The Labute approximate surface area is 140 Å². The van der Waals surface area contributed by atoms with Crippen molar-refractivity contribution in [3.8, 4) is 0 Å². The number of nitrogens with zero attached hydrogens (tertiary/aromatic N) is 3. The molecular weight excluding hydrogens is 308 g/mol. The van der Waals surface area contributed by atoms with Gasteiger partial charge < -0.3 is 10.2 Å². The highest BCUT2D eigenvalue weighted by atomic mass is 16.6. The smallest absolute Gasteiger partial charge is 0.317 e. The van der Waals surface area contributed by atoms with E-state index in [0.29, 0.717) is 17.7 Å². The molecule has 0 saturated heterocycles. The zero-order valence-electron chi connectivity index (χ0n) is 13.9. The number of aromatic nitrogens is 1. The predicted molar refractivity (Wildman–Crippen MR) is 90.5 cm³/mol. The van der Waals surface area contributed by atoms with Crippen LogP contribution in [-0.2, 0) is 6.54 Å². The van der Waals surface area contributed by atoms with Gasteiger partial charge in [0.25, 0.3) is 5.69 Å². The largest absolute Gasteiger partial charge is 0.331 e. The summed E-state index contributed by atoms with van der Waals surface area (Å²) in [7, 11) is 1.69. The summed E-state index contributed by atoms with van der Waals surface area (Å²) in [4.78, 5) is 28.4. The normalized spacial score (nSPS) is 11.6. The van der Waals surface area contributed by atoms with E-state index < -0.39 is 4.92 Å². The first-order valence-electron chi connectivity index (χ1n) is 7.54. The van der Waals surface area contributed by atoms with Crippen molar-refractivity contribution < 1.29 is 9.72 Å². The van der Waals surface area contributed by atoms with Crippen molar-refractivity contribution in [1.29, 1.82) is 0 Å². The molecule has 7 heteroatoms. The standard InChI is InChI=1S/C17H20N4O3/c1-12-4-5-15(10-16(12)21(23)24)13(2)19-17(22)20(3)11-14-6-8-18-9-7-14/h4-10,13H,11H2,1-3H3,(H,19,22)/t13-/m1/s1. The third kappa shape index (κ3) is 4.28. The molecule has 0 aliphatic carbocycles. The van der Waals surface area contributed by atoms with Gasteiger partial charge in [-0.25, -0.2) is 4.79 Å². The lowest BCUT2D eigenvalue weighted by atomic mass is 10.0. The monoisotopic (exact) mass is 328 g/mol. The average Bonchev–Trinajstić information content (AvgIpc) is 2.55. The summed E-state index contributed by atoms with van der Waals surface area (Å²) in [5.74, 6) is 0. The lowest BCUT2D eigenvalue weighted by Crippen LogP contribution is -2.38. The van der Waals surface area contributed by atoms with Gasteiger partial charge in [-0.2, -0.15) is 0 Å². The maximum Gasteiger partial charge on any atom is 0.317 e. The van der Waals surface area contributed by atoms with Gasteiger partial charge in [-0.1, -0.05) is 12.1 Å². The van der Waals surface area contributed by atoms with E-state index in [4.69, 9.17) is 0 Å². The Kier molecular flexibility index (Phi) is 5.47. The number of hydrogen-bond donors (Lipinski definition) is 1. The number of carbonyl (C=O) groups is 1. The molecule has 0 unspecified atom stereocenters. The van der Waals surface area contributed by atoms with E-state index in [1.54, 1.807) is 50.3 Å². The number of nitro benzene ring substituents is 1. The maximum atomic E-state index is 12.3. The van der Waals surface area contributed by atoms with Gasteiger partial charge in [-0.05, 0) is 37.1 Å². The molecule has 7 nitrogen and oxygen atoms in total. The highest BCUT2D eigenvalue weighted by Crippen LogP contribution is 2.23. The first-order valence-corrected chi connectivity index (χ1v) is 7.54. The van der Waals surface area contributed by atoms with Crippen molar-refractivity contribution in [2.24, 2.45) is 0 Å². The molecule has 0 spiro atoms.